The van der Waals surface area contributed by atoms with Crippen LogP contribution in [0, 0.1) is 49.4 Å². The molecule has 6 nitrogen and oxygen atoms in total. The molecule has 0 unspecified atom stereocenters. The summed E-state index contributed by atoms with van der Waals surface area (Å²) in [7, 11) is 0. The second-order valence-corrected chi connectivity index (χ2v) is 9.25. The smallest absolute Gasteiger partial charge is 0.356 e. The maximum Gasteiger partial charge on any atom is 0.356 e. The molecule has 22 heavy (non-hydrogen) atoms. The maximum absolute atomic E-state index is 9.62. The van der Waals surface area contributed by atoms with Gasteiger partial charge in [-0.1, -0.05) is 104 Å². The van der Waals surface area contributed by atoms with Crippen molar-refractivity contribution in [1.29, 1.82) is 0 Å². The van der Waals surface area contributed by atoms with Crippen molar-refractivity contribution in [2.24, 2.45) is 0 Å². The third-order valence-electron chi connectivity index (χ3n) is 0.728. The molecule has 16 heteroatoms. The minimum atomic E-state index is -2.17. The molecule has 0 bridgehead atoms. The second kappa shape index (κ2) is 13.8. The van der Waals surface area contributed by atoms with Crippen LogP contribution in [0.15, 0.2) is 0 Å². The van der Waals surface area contributed by atoms with Gasteiger partial charge in [-0.05, 0) is 0 Å². The van der Waals surface area contributed by atoms with Gasteiger partial charge in [-0.25, -0.2) is 14.4 Å². The van der Waals surface area contributed by atoms with Crippen molar-refractivity contribution in [2.45, 2.75) is 11.4 Å². The fourth-order valence-electron chi connectivity index (χ4n) is 0. The maximum atomic E-state index is 9.62. The zero-order chi connectivity index (χ0) is 18.2. The van der Waals surface area contributed by atoms with E-state index in [4.69, 9.17) is 120 Å². The summed E-state index contributed by atoms with van der Waals surface area (Å²) in [6.45, 7) is 0. The Labute approximate surface area is 209 Å². The van der Waals surface area contributed by atoms with Gasteiger partial charge in [0, 0.05) is 49.4 Å². The average Bonchev–Trinajstić information content (AvgIpc) is 2.14. The van der Waals surface area contributed by atoms with E-state index in [1.165, 1.54) is 0 Å². The van der Waals surface area contributed by atoms with Crippen LogP contribution in [0.4, 0.5) is 0 Å². The topological polar surface area (TPSA) is 112 Å². The fraction of sp³-hybridized carbons (Fsp3) is 0.500. The molecular weight excluding hydrogens is 639 g/mol. The first-order valence-electron chi connectivity index (χ1n) is 3.73. The molecular formula is C6H3Cl9EuO6. The van der Waals surface area contributed by atoms with E-state index >= 15 is 0 Å². The van der Waals surface area contributed by atoms with E-state index < -0.39 is 29.3 Å². The summed E-state index contributed by atoms with van der Waals surface area (Å²) in [6.07, 6.45) is 0. The Bertz CT molecular complexity index is 313. The molecule has 0 rings (SSSR count). The third-order valence-corrected chi connectivity index (χ3v) is 2.18. The van der Waals surface area contributed by atoms with Gasteiger partial charge in [0.25, 0.3) is 11.4 Å². The number of aliphatic carboxylic acids is 3. The van der Waals surface area contributed by atoms with Crippen molar-refractivity contribution < 1.29 is 79.1 Å². The van der Waals surface area contributed by atoms with Gasteiger partial charge in [0.15, 0.2) is 0 Å². The molecule has 0 aromatic rings. The summed E-state index contributed by atoms with van der Waals surface area (Å²) in [6, 6.07) is 0. The molecule has 0 aromatic carbocycles. The Balaban J connectivity index is -0.000000108. The monoisotopic (exact) mass is 639 g/mol. The van der Waals surface area contributed by atoms with E-state index in [-0.39, 0.29) is 49.4 Å². The van der Waals surface area contributed by atoms with Gasteiger partial charge in [-0.3, -0.25) is 0 Å². The fourth-order valence-corrected chi connectivity index (χ4v) is 0. The Kier molecular flexibility index (Phi) is 20.2. The number of rotatable bonds is 0. The number of hydrogen-bond acceptors (Lipinski definition) is 3. The molecule has 0 aliphatic carbocycles. The Morgan fingerprint density at radius 3 is 0.545 bits per heavy atom. The number of carbonyl (C=O) groups is 3. The summed E-state index contributed by atoms with van der Waals surface area (Å²) < 4.78 is -6.50. The summed E-state index contributed by atoms with van der Waals surface area (Å²) >= 11 is 43.2. The predicted molar refractivity (Wildman–Crippen MR) is 83.8 cm³/mol. The van der Waals surface area contributed by atoms with E-state index in [0.717, 1.165) is 0 Å². The zero-order valence-electron chi connectivity index (χ0n) is 9.35. The first kappa shape index (κ1) is 32.3. The quantitative estimate of drug-likeness (QED) is 0.340. The van der Waals surface area contributed by atoms with Gasteiger partial charge in [-0.2, -0.15) is 0 Å². The van der Waals surface area contributed by atoms with Crippen LogP contribution in [0.3, 0.4) is 0 Å². The van der Waals surface area contributed by atoms with Crippen LogP contribution in [-0.2, 0) is 14.4 Å². The molecule has 133 valence electrons. The van der Waals surface area contributed by atoms with Gasteiger partial charge in [0.05, 0.1) is 0 Å². The van der Waals surface area contributed by atoms with Gasteiger partial charge in [0.2, 0.25) is 0 Å². The minimum Gasteiger partial charge on any atom is -0.478 e. The molecule has 0 aliphatic rings. The molecule has 0 saturated heterocycles. The molecule has 0 atom stereocenters. The summed E-state index contributed by atoms with van der Waals surface area (Å²) in [5.74, 6) is -4.38. The van der Waals surface area contributed by atoms with Gasteiger partial charge >= 0.3 is 17.9 Å². The molecule has 0 aromatic heterocycles. The number of hydrogen-bond donors (Lipinski definition) is 3. The Morgan fingerprint density at radius 2 is 0.545 bits per heavy atom. The predicted octanol–water partition coefficient (Wildman–Crippen LogP) is 4.32. The van der Waals surface area contributed by atoms with E-state index in [9.17, 15) is 14.4 Å². The molecule has 1 radical (unpaired) electrons. The summed E-state index contributed by atoms with van der Waals surface area (Å²) in [4.78, 5) is 28.9. The first-order valence-corrected chi connectivity index (χ1v) is 7.14. The van der Waals surface area contributed by atoms with Crippen LogP contribution in [-0.4, -0.2) is 44.6 Å². The standard InChI is InChI=1S/3C2HCl3O2.Eu/c3*3-2(4,5)1(6)7;/h3*(H,6,7);. The zero-order valence-corrected chi connectivity index (χ0v) is 18.6. The Morgan fingerprint density at radius 1 is 0.500 bits per heavy atom. The van der Waals surface area contributed by atoms with Crippen molar-refractivity contribution in [3.8, 4) is 0 Å². The minimum absolute atomic E-state index is 0. The summed E-state index contributed by atoms with van der Waals surface area (Å²) in [5.41, 5.74) is 0. The largest absolute Gasteiger partial charge is 0.478 e. The van der Waals surface area contributed by atoms with Crippen LogP contribution < -0.4 is 0 Å². The number of carboxylic acid groups (broad SMARTS) is 3. The van der Waals surface area contributed by atoms with Crippen LogP contribution in [0.5, 0.6) is 0 Å². The van der Waals surface area contributed by atoms with Crippen LogP contribution in [0.1, 0.15) is 0 Å². The van der Waals surface area contributed by atoms with Crippen LogP contribution >= 0.6 is 104 Å². The molecule has 0 aliphatic heterocycles. The van der Waals surface area contributed by atoms with Gasteiger partial charge < -0.3 is 15.3 Å². The molecule has 0 amide bonds. The van der Waals surface area contributed by atoms with Crippen molar-refractivity contribution in [3.63, 3.8) is 0 Å². The normalized spacial score (nSPS) is 10.8. The van der Waals surface area contributed by atoms with Crippen LogP contribution in [0.2, 0.25) is 0 Å². The molecule has 0 heterocycles. The van der Waals surface area contributed by atoms with Crippen molar-refractivity contribution in [2.75, 3.05) is 0 Å². The summed E-state index contributed by atoms with van der Waals surface area (Å²) in [5, 5.41) is 23.6. The average molecular weight is 642 g/mol. The first-order chi connectivity index (χ1) is 8.83. The van der Waals surface area contributed by atoms with Gasteiger partial charge in [0.1, 0.15) is 0 Å². The SMILES string of the molecule is O=C(O)C(Cl)(Cl)Cl.O=C(O)C(Cl)(Cl)Cl.O=C(O)C(Cl)(Cl)Cl.[Eu]. The van der Waals surface area contributed by atoms with Crippen molar-refractivity contribution in [3.05, 3.63) is 0 Å². The Hall–Kier alpha value is 2.60. The van der Waals surface area contributed by atoms with Crippen LogP contribution in [0.25, 0.3) is 0 Å². The second-order valence-electron chi connectivity index (χ2n) is 2.41. The van der Waals surface area contributed by atoms with E-state index in [1.807, 2.05) is 0 Å². The number of halogens is 9. The molecule has 0 saturated carbocycles. The van der Waals surface area contributed by atoms with E-state index in [1.54, 1.807) is 0 Å². The van der Waals surface area contributed by atoms with Crippen molar-refractivity contribution >= 4 is 122 Å². The number of carboxylic acids is 3. The molecule has 0 fully saturated rings. The van der Waals surface area contributed by atoms with E-state index in [0.29, 0.717) is 0 Å². The molecule has 3 N–H and O–H groups in total. The molecule has 0 spiro atoms. The van der Waals surface area contributed by atoms with E-state index in [2.05, 4.69) is 0 Å². The van der Waals surface area contributed by atoms with Gasteiger partial charge in [-0.15, -0.1) is 0 Å². The van der Waals surface area contributed by atoms with Crippen molar-refractivity contribution in [1.82, 2.24) is 0 Å². The third kappa shape index (κ3) is 24.9. The number of alkyl halides is 9.